The lowest BCUT2D eigenvalue weighted by Crippen LogP contribution is -1.62. The van der Waals surface area contributed by atoms with Gasteiger partial charge in [0.2, 0.25) is 0 Å². The first kappa shape index (κ1) is 8.50. The highest BCUT2D eigenvalue weighted by atomic mass is 32.2. The summed E-state index contributed by atoms with van der Waals surface area (Å²) in [5, 5.41) is 0. The molecule has 10 heavy (non-hydrogen) atoms. The van der Waals surface area contributed by atoms with Gasteiger partial charge < -0.3 is 0 Å². The number of rotatable bonds is 2. The summed E-state index contributed by atoms with van der Waals surface area (Å²) < 4.78 is 1.45. The highest BCUT2D eigenvalue weighted by molar-refractivity contribution is 8.03. The van der Waals surface area contributed by atoms with Gasteiger partial charge in [0.25, 0.3) is 0 Å². The van der Waals surface area contributed by atoms with E-state index in [2.05, 4.69) is 25.5 Å². The van der Waals surface area contributed by atoms with E-state index >= 15 is 0 Å². The Kier molecular flexibility index (Phi) is 3.14. The van der Waals surface area contributed by atoms with Crippen molar-refractivity contribution < 1.29 is 0 Å². The second kappa shape index (κ2) is 3.69. The van der Waals surface area contributed by atoms with Crippen LogP contribution in [0.4, 0.5) is 0 Å². The first-order valence-corrected chi connectivity index (χ1v) is 6.23. The smallest absolute Gasteiger partial charge is 0.0734 e. The third-order valence-electron chi connectivity index (χ3n) is 1.19. The third kappa shape index (κ3) is 1.71. The van der Waals surface area contributed by atoms with Crippen molar-refractivity contribution >= 4 is 34.9 Å². The molecule has 0 saturated heterocycles. The van der Waals surface area contributed by atoms with Crippen molar-refractivity contribution in [3.63, 3.8) is 0 Å². The highest BCUT2D eigenvalue weighted by Crippen LogP contribution is 2.35. The summed E-state index contributed by atoms with van der Waals surface area (Å²) in [6.45, 7) is 2.16. The summed E-state index contributed by atoms with van der Waals surface area (Å²) in [5.74, 6) is 0. The summed E-state index contributed by atoms with van der Waals surface area (Å²) >= 11 is 5.55. The average molecular weight is 190 g/mol. The second-order valence-corrected chi connectivity index (χ2v) is 5.10. The van der Waals surface area contributed by atoms with Crippen LogP contribution in [0.15, 0.2) is 15.2 Å². The van der Waals surface area contributed by atoms with Crippen LogP contribution in [-0.2, 0) is 0 Å². The number of hydrogen-bond donors (Lipinski definition) is 0. The largest absolute Gasteiger partial charge is 0.133 e. The summed E-state index contributed by atoms with van der Waals surface area (Å²) in [6.07, 6.45) is 4.26. The Hall–Kier alpha value is 0.400. The van der Waals surface area contributed by atoms with Crippen LogP contribution < -0.4 is 0 Å². The molecule has 3 heteroatoms. The van der Waals surface area contributed by atoms with Crippen LogP contribution in [0.5, 0.6) is 0 Å². The van der Waals surface area contributed by atoms with Gasteiger partial charge in [-0.15, -0.1) is 34.9 Å². The first-order chi connectivity index (χ1) is 4.77. The monoisotopic (exact) mass is 190 g/mol. The van der Waals surface area contributed by atoms with Gasteiger partial charge in [-0.2, -0.15) is 0 Å². The van der Waals surface area contributed by atoms with E-state index < -0.39 is 0 Å². The molecular formula is C7H10S3. The zero-order valence-corrected chi connectivity index (χ0v) is 8.75. The molecule has 0 aliphatic rings. The summed E-state index contributed by atoms with van der Waals surface area (Å²) in [4.78, 5) is 2.84. The molecule has 0 nitrogen and oxygen atoms in total. The van der Waals surface area contributed by atoms with Gasteiger partial charge in [-0.3, -0.25) is 0 Å². The summed E-state index contributed by atoms with van der Waals surface area (Å²) in [5.41, 5.74) is 0. The molecule has 56 valence electrons. The summed E-state index contributed by atoms with van der Waals surface area (Å²) in [7, 11) is 0. The Morgan fingerprint density at radius 2 is 2.00 bits per heavy atom. The lowest BCUT2D eigenvalue weighted by atomic mass is 10.5. The SMILES string of the molecule is CSc1cc(C)sc1SC. The predicted octanol–water partition coefficient (Wildman–Crippen LogP) is 3.50. The molecule has 0 aliphatic carbocycles. The predicted molar refractivity (Wildman–Crippen MR) is 52.6 cm³/mol. The Balaban J connectivity index is 2.96. The lowest BCUT2D eigenvalue weighted by Gasteiger charge is -1.92. The van der Waals surface area contributed by atoms with Gasteiger partial charge in [0, 0.05) is 9.77 Å². The number of thiophene rings is 1. The van der Waals surface area contributed by atoms with Gasteiger partial charge in [-0.25, -0.2) is 0 Å². The molecule has 0 atom stereocenters. The van der Waals surface area contributed by atoms with Crippen molar-refractivity contribution in [1.82, 2.24) is 0 Å². The molecule has 1 heterocycles. The molecule has 1 rings (SSSR count). The van der Waals surface area contributed by atoms with E-state index in [1.54, 1.807) is 0 Å². The van der Waals surface area contributed by atoms with Crippen LogP contribution in [-0.4, -0.2) is 12.5 Å². The Labute approximate surface area is 74.4 Å². The van der Waals surface area contributed by atoms with E-state index in [1.165, 1.54) is 14.0 Å². The normalized spacial score (nSPS) is 10.3. The fourth-order valence-corrected chi connectivity index (χ4v) is 3.78. The number of thioether (sulfide) groups is 2. The number of aryl methyl sites for hydroxylation is 1. The maximum Gasteiger partial charge on any atom is 0.0734 e. The molecule has 0 bridgehead atoms. The molecule has 0 fully saturated rings. The molecule has 0 spiro atoms. The van der Waals surface area contributed by atoms with Crippen molar-refractivity contribution in [2.45, 2.75) is 16.0 Å². The topological polar surface area (TPSA) is 0 Å². The van der Waals surface area contributed by atoms with E-state index in [4.69, 9.17) is 0 Å². The van der Waals surface area contributed by atoms with Crippen molar-refractivity contribution in [3.05, 3.63) is 10.9 Å². The van der Waals surface area contributed by atoms with Gasteiger partial charge >= 0.3 is 0 Å². The quantitative estimate of drug-likeness (QED) is 0.655. The molecule has 0 radical (unpaired) electrons. The molecule has 0 saturated carbocycles. The Morgan fingerprint density at radius 1 is 1.30 bits per heavy atom. The van der Waals surface area contributed by atoms with Crippen LogP contribution >= 0.6 is 34.9 Å². The first-order valence-electron chi connectivity index (χ1n) is 2.96. The highest BCUT2D eigenvalue weighted by Gasteiger charge is 2.02. The maximum absolute atomic E-state index is 2.25. The molecule has 1 aromatic heterocycles. The Morgan fingerprint density at radius 3 is 2.40 bits per heavy atom. The van der Waals surface area contributed by atoms with E-state index in [0.29, 0.717) is 0 Å². The van der Waals surface area contributed by atoms with Crippen molar-refractivity contribution in [1.29, 1.82) is 0 Å². The Bertz CT molecular complexity index is 193. The molecular weight excluding hydrogens is 180 g/mol. The van der Waals surface area contributed by atoms with Crippen molar-refractivity contribution in [2.24, 2.45) is 0 Å². The van der Waals surface area contributed by atoms with Crippen molar-refractivity contribution in [2.75, 3.05) is 12.5 Å². The van der Waals surface area contributed by atoms with Crippen LogP contribution in [0.1, 0.15) is 4.88 Å². The molecule has 0 amide bonds. The maximum atomic E-state index is 2.25. The summed E-state index contributed by atoms with van der Waals surface area (Å²) in [6, 6.07) is 2.25. The fraction of sp³-hybridized carbons (Fsp3) is 0.429. The van der Waals surface area contributed by atoms with Crippen LogP contribution in [0.3, 0.4) is 0 Å². The zero-order chi connectivity index (χ0) is 7.56. The van der Waals surface area contributed by atoms with Crippen molar-refractivity contribution in [3.8, 4) is 0 Å². The minimum absolute atomic E-state index is 1.41. The van der Waals surface area contributed by atoms with Gasteiger partial charge in [0.05, 0.1) is 4.21 Å². The molecule has 0 aromatic carbocycles. The standard InChI is InChI=1S/C7H10S3/c1-5-4-6(8-2)7(9-3)10-5/h4H,1-3H3. The fourth-order valence-electron chi connectivity index (χ4n) is 0.754. The van der Waals surface area contributed by atoms with Crippen LogP contribution in [0.2, 0.25) is 0 Å². The van der Waals surface area contributed by atoms with Gasteiger partial charge in [-0.1, -0.05) is 0 Å². The minimum atomic E-state index is 1.41. The van der Waals surface area contributed by atoms with E-state index in [-0.39, 0.29) is 0 Å². The van der Waals surface area contributed by atoms with Crippen LogP contribution in [0.25, 0.3) is 0 Å². The van der Waals surface area contributed by atoms with Gasteiger partial charge in [0.15, 0.2) is 0 Å². The minimum Gasteiger partial charge on any atom is -0.133 e. The van der Waals surface area contributed by atoms with Gasteiger partial charge in [-0.05, 0) is 25.5 Å². The van der Waals surface area contributed by atoms with E-state index in [9.17, 15) is 0 Å². The second-order valence-electron chi connectivity index (χ2n) is 1.92. The lowest BCUT2D eigenvalue weighted by molar-refractivity contribution is 1.39. The molecule has 0 N–H and O–H groups in total. The van der Waals surface area contributed by atoms with Crippen LogP contribution in [0, 0.1) is 6.92 Å². The zero-order valence-electron chi connectivity index (χ0n) is 6.30. The third-order valence-corrected chi connectivity index (χ3v) is 4.40. The molecule has 1 aromatic rings. The number of hydrogen-bond acceptors (Lipinski definition) is 3. The van der Waals surface area contributed by atoms with Gasteiger partial charge in [0.1, 0.15) is 0 Å². The van der Waals surface area contributed by atoms with E-state index in [0.717, 1.165) is 0 Å². The average Bonchev–Trinajstić information content (AvgIpc) is 2.30. The molecule has 0 aliphatic heterocycles. The molecule has 0 unspecified atom stereocenters. The van der Waals surface area contributed by atoms with E-state index in [1.807, 2.05) is 34.9 Å².